The molecule has 1 aliphatic rings. The number of anilines is 1. The lowest BCUT2D eigenvalue weighted by Crippen LogP contribution is -2.29. The number of carbonyl (C=O) groups is 2. The molecular weight excluding hydrogens is 222 g/mol. The zero-order valence-corrected chi connectivity index (χ0v) is 8.88. The quantitative estimate of drug-likeness (QED) is 0.686. The van der Waals surface area contributed by atoms with Gasteiger partial charge in [0.15, 0.2) is 5.82 Å². The Labute approximate surface area is 95.8 Å². The third-order valence-corrected chi connectivity index (χ3v) is 2.50. The van der Waals surface area contributed by atoms with Crippen LogP contribution in [-0.2, 0) is 0 Å². The number of imide groups is 1. The van der Waals surface area contributed by atoms with Crippen LogP contribution in [0.1, 0.15) is 26.5 Å². The van der Waals surface area contributed by atoms with Gasteiger partial charge in [-0.15, -0.1) is 0 Å². The van der Waals surface area contributed by atoms with Gasteiger partial charge in [-0.2, -0.15) is 9.88 Å². The van der Waals surface area contributed by atoms with Gasteiger partial charge in [-0.25, -0.2) is 0 Å². The van der Waals surface area contributed by atoms with Crippen molar-refractivity contribution in [3.8, 4) is 0 Å². The van der Waals surface area contributed by atoms with Crippen molar-refractivity contribution < 1.29 is 14.1 Å². The van der Waals surface area contributed by atoms with Gasteiger partial charge in [0.1, 0.15) is 0 Å². The van der Waals surface area contributed by atoms with Crippen LogP contribution in [0.4, 0.5) is 6.01 Å². The van der Waals surface area contributed by atoms with E-state index in [9.17, 15) is 9.59 Å². The van der Waals surface area contributed by atoms with Gasteiger partial charge in [-0.1, -0.05) is 17.3 Å². The summed E-state index contributed by atoms with van der Waals surface area (Å²) in [6.45, 7) is 1.62. The van der Waals surface area contributed by atoms with E-state index in [1.165, 1.54) is 0 Å². The minimum atomic E-state index is -0.436. The predicted octanol–water partition coefficient (Wildman–Crippen LogP) is 1.18. The summed E-state index contributed by atoms with van der Waals surface area (Å²) < 4.78 is 4.84. The topological polar surface area (TPSA) is 76.3 Å². The third kappa shape index (κ3) is 1.27. The van der Waals surface area contributed by atoms with E-state index in [0.717, 1.165) is 4.90 Å². The van der Waals surface area contributed by atoms with Gasteiger partial charge >= 0.3 is 6.01 Å². The van der Waals surface area contributed by atoms with Crippen LogP contribution in [0.15, 0.2) is 28.8 Å². The molecule has 0 aliphatic carbocycles. The second-order valence-corrected chi connectivity index (χ2v) is 3.62. The number of fused-ring (bicyclic) bond motifs is 1. The number of amides is 2. The van der Waals surface area contributed by atoms with Crippen molar-refractivity contribution in [3.05, 3.63) is 41.2 Å². The molecule has 17 heavy (non-hydrogen) atoms. The highest BCUT2D eigenvalue weighted by Gasteiger charge is 2.39. The van der Waals surface area contributed by atoms with E-state index in [1.54, 1.807) is 31.2 Å². The predicted molar refractivity (Wildman–Crippen MR) is 56.6 cm³/mol. The minimum absolute atomic E-state index is 0.0892. The summed E-state index contributed by atoms with van der Waals surface area (Å²) in [6.07, 6.45) is 0. The van der Waals surface area contributed by atoms with Crippen LogP contribution < -0.4 is 4.90 Å². The van der Waals surface area contributed by atoms with Crippen LogP contribution >= 0.6 is 0 Å². The average molecular weight is 229 g/mol. The number of aromatic nitrogens is 2. The van der Waals surface area contributed by atoms with E-state index < -0.39 is 11.8 Å². The molecule has 6 heteroatoms. The molecule has 2 heterocycles. The molecule has 1 aliphatic heterocycles. The second kappa shape index (κ2) is 3.24. The molecule has 3 rings (SSSR count). The zero-order chi connectivity index (χ0) is 12.0. The molecule has 0 saturated heterocycles. The number of rotatable bonds is 1. The lowest BCUT2D eigenvalue weighted by molar-refractivity contribution is 0.0916. The monoisotopic (exact) mass is 229 g/mol. The molecule has 0 fully saturated rings. The highest BCUT2D eigenvalue weighted by Crippen LogP contribution is 2.26. The summed E-state index contributed by atoms with van der Waals surface area (Å²) in [5.74, 6) is -0.500. The summed E-state index contributed by atoms with van der Waals surface area (Å²) in [7, 11) is 0. The molecule has 6 nitrogen and oxygen atoms in total. The van der Waals surface area contributed by atoms with Crippen molar-refractivity contribution >= 4 is 17.8 Å². The van der Waals surface area contributed by atoms with E-state index in [2.05, 4.69) is 10.1 Å². The first-order valence-corrected chi connectivity index (χ1v) is 4.96. The van der Waals surface area contributed by atoms with Gasteiger partial charge in [0.2, 0.25) is 0 Å². The van der Waals surface area contributed by atoms with Crippen molar-refractivity contribution in [1.29, 1.82) is 0 Å². The SMILES string of the molecule is Cc1noc(N2C(=O)c3ccccc3C2=O)n1. The number of aryl methyl sites for hydroxylation is 1. The molecule has 0 spiro atoms. The Morgan fingerprint density at radius 2 is 1.71 bits per heavy atom. The minimum Gasteiger partial charge on any atom is -0.314 e. The van der Waals surface area contributed by atoms with Gasteiger partial charge in [0.05, 0.1) is 11.1 Å². The van der Waals surface area contributed by atoms with Crippen molar-refractivity contribution in [1.82, 2.24) is 10.1 Å². The fourth-order valence-corrected chi connectivity index (χ4v) is 1.74. The van der Waals surface area contributed by atoms with E-state index in [4.69, 9.17) is 4.52 Å². The summed E-state index contributed by atoms with van der Waals surface area (Å²) >= 11 is 0. The zero-order valence-electron chi connectivity index (χ0n) is 8.88. The largest absolute Gasteiger partial charge is 0.338 e. The van der Waals surface area contributed by atoms with E-state index in [-0.39, 0.29) is 6.01 Å². The van der Waals surface area contributed by atoms with E-state index in [0.29, 0.717) is 17.0 Å². The average Bonchev–Trinajstić information content (AvgIpc) is 2.84. The van der Waals surface area contributed by atoms with Crippen LogP contribution in [-0.4, -0.2) is 22.0 Å². The lowest BCUT2D eigenvalue weighted by Gasteiger charge is -2.05. The maximum Gasteiger partial charge on any atom is 0.338 e. The molecule has 84 valence electrons. The van der Waals surface area contributed by atoms with Gasteiger partial charge in [-0.05, 0) is 19.1 Å². The molecule has 1 aromatic carbocycles. The Morgan fingerprint density at radius 1 is 1.12 bits per heavy atom. The molecule has 2 aromatic rings. The van der Waals surface area contributed by atoms with Gasteiger partial charge in [0.25, 0.3) is 11.8 Å². The molecule has 2 amide bonds. The normalized spacial score (nSPS) is 14.3. The van der Waals surface area contributed by atoms with Crippen LogP contribution in [0.5, 0.6) is 0 Å². The van der Waals surface area contributed by atoms with E-state index >= 15 is 0 Å². The van der Waals surface area contributed by atoms with Crippen molar-refractivity contribution in [3.63, 3.8) is 0 Å². The Kier molecular flexibility index (Phi) is 1.85. The molecule has 0 saturated carbocycles. The summed E-state index contributed by atoms with van der Waals surface area (Å²) in [5, 5.41) is 3.56. The lowest BCUT2D eigenvalue weighted by atomic mass is 10.1. The maximum absolute atomic E-state index is 12.0. The van der Waals surface area contributed by atoms with Crippen molar-refractivity contribution in [2.75, 3.05) is 4.90 Å². The summed E-state index contributed by atoms with van der Waals surface area (Å²) in [6, 6.07) is 6.50. The first kappa shape index (κ1) is 9.71. The summed E-state index contributed by atoms with van der Waals surface area (Å²) in [4.78, 5) is 28.8. The van der Waals surface area contributed by atoms with Gasteiger partial charge < -0.3 is 4.52 Å². The fourth-order valence-electron chi connectivity index (χ4n) is 1.74. The van der Waals surface area contributed by atoms with Gasteiger partial charge in [-0.3, -0.25) is 9.59 Å². The second-order valence-electron chi connectivity index (χ2n) is 3.62. The van der Waals surface area contributed by atoms with Crippen molar-refractivity contribution in [2.45, 2.75) is 6.92 Å². The van der Waals surface area contributed by atoms with Crippen LogP contribution in [0.3, 0.4) is 0 Å². The first-order chi connectivity index (χ1) is 8.18. The Balaban J connectivity index is 2.12. The highest BCUT2D eigenvalue weighted by atomic mass is 16.5. The number of hydrogen-bond donors (Lipinski definition) is 0. The summed E-state index contributed by atoms with van der Waals surface area (Å²) in [5.41, 5.74) is 0.710. The Morgan fingerprint density at radius 3 is 2.18 bits per heavy atom. The fraction of sp³-hybridized carbons (Fsp3) is 0.0909. The third-order valence-electron chi connectivity index (χ3n) is 2.50. The molecule has 0 radical (unpaired) electrons. The maximum atomic E-state index is 12.0. The molecular formula is C11H7N3O3. The van der Waals surface area contributed by atoms with Crippen molar-refractivity contribution in [2.24, 2.45) is 0 Å². The smallest absolute Gasteiger partial charge is 0.314 e. The van der Waals surface area contributed by atoms with Gasteiger partial charge in [0, 0.05) is 0 Å². The van der Waals surface area contributed by atoms with Crippen LogP contribution in [0, 0.1) is 6.92 Å². The van der Waals surface area contributed by atoms with Crippen LogP contribution in [0.2, 0.25) is 0 Å². The molecule has 0 unspecified atom stereocenters. The number of nitrogens with zero attached hydrogens (tertiary/aromatic N) is 3. The number of benzene rings is 1. The molecule has 0 N–H and O–H groups in total. The Bertz CT molecular complexity index is 597. The first-order valence-electron chi connectivity index (χ1n) is 4.96. The van der Waals surface area contributed by atoms with E-state index in [1.807, 2.05) is 0 Å². The Hall–Kier alpha value is -2.50. The van der Waals surface area contributed by atoms with Crippen LogP contribution in [0.25, 0.3) is 0 Å². The standard InChI is InChI=1S/C11H7N3O3/c1-6-12-11(17-13-6)14-9(15)7-4-2-3-5-8(7)10(14)16/h2-5H,1H3. The molecule has 0 atom stereocenters. The number of carbonyl (C=O) groups excluding carboxylic acids is 2. The number of hydrogen-bond acceptors (Lipinski definition) is 5. The highest BCUT2D eigenvalue weighted by molar-refractivity contribution is 6.33. The molecule has 0 bridgehead atoms. The molecule has 1 aromatic heterocycles.